The molecule has 2 aromatic heterocycles. The van der Waals surface area contributed by atoms with Crippen molar-refractivity contribution >= 4 is 63.3 Å². The van der Waals surface area contributed by atoms with Crippen molar-refractivity contribution in [2.75, 3.05) is 20.2 Å². The minimum Gasteiger partial charge on any atom is -0.493 e. The van der Waals surface area contributed by atoms with Crippen LogP contribution < -0.4 is 10.1 Å². The van der Waals surface area contributed by atoms with Crippen molar-refractivity contribution in [3.8, 4) is 5.75 Å². The number of thioether (sulfide) groups is 1. The van der Waals surface area contributed by atoms with Gasteiger partial charge in [-0.3, -0.25) is 9.69 Å². The van der Waals surface area contributed by atoms with Crippen LogP contribution in [0.2, 0.25) is 5.02 Å². The van der Waals surface area contributed by atoms with E-state index in [9.17, 15) is 14.3 Å². The third-order valence-corrected chi connectivity index (χ3v) is 10.1. The molecule has 0 radical (unpaired) electrons. The number of nitrogens with one attached hydrogen (secondary N) is 1. The summed E-state index contributed by atoms with van der Waals surface area (Å²) in [5.74, 6) is 0.0504. The summed E-state index contributed by atoms with van der Waals surface area (Å²) in [5.41, 5.74) is 5.65. The Labute approximate surface area is 294 Å². The highest BCUT2D eigenvalue weighted by atomic mass is 35.5. The zero-order valence-corrected chi connectivity index (χ0v) is 29.7. The van der Waals surface area contributed by atoms with Gasteiger partial charge in [0.25, 0.3) is 0 Å². The topological polar surface area (TPSA) is 96.9 Å². The van der Waals surface area contributed by atoms with Gasteiger partial charge in [-0.15, -0.1) is 11.8 Å². The molecular formula is C37H40ClFN6O3S. The number of aryl methyl sites for hydroxylation is 3. The van der Waals surface area contributed by atoms with Crippen LogP contribution >= 0.6 is 23.4 Å². The molecule has 0 aliphatic carbocycles. The molecular weight excluding hydrogens is 663 g/mol. The predicted octanol–water partition coefficient (Wildman–Crippen LogP) is 8.02. The van der Waals surface area contributed by atoms with E-state index < -0.39 is 5.97 Å². The van der Waals surface area contributed by atoms with E-state index in [1.54, 1.807) is 35.7 Å². The van der Waals surface area contributed by atoms with Crippen LogP contribution in [0.3, 0.4) is 0 Å². The molecule has 0 atom stereocenters. The second kappa shape index (κ2) is 15.1. The Hall–Kier alpha value is -4.32. The molecule has 0 spiro atoms. The van der Waals surface area contributed by atoms with Crippen molar-refractivity contribution in [1.82, 2.24) is 24.7 Å². The summed E-state index contributed by atoms with van der Waals surface area (Å²) in [6, 6.07) is 14.5. The van der Waals surface area contributed by atoms with Crippen molar-refractivity contribution in [3.05, 3.63) is 93.3 Å². The predicted molar refractivity (Wildman–Crippen MR) is 196 cm³/mol. The lowest BCUT2D eigenvalue weighted by molar-refractivity contribution is 0.0685. The molecule has 0 saturated carbocycles. The monoisotopic (exact) mass is 702 g/mol. The van der Waals surface area contributed by atoms with Crippen LogP contribution in [-0.4, -0.2) is 56.8 Å². The van der Waals surface area contributed by atoms with Crippen LogP contribution in [0, 0.1) is 5.82 Å². The highest BCUT2D eigenvalue weighted by Crippen LogP contribution is 2.37. The van der Waals surface area contributed by atoms with Gasteiger partial charge >= 0.3 is 5.97 Å². The second-order valence-corrected chi connectivity index (χ2v) is 13.5. The molecule has 2 N–H and O–H groups in total. The summed E-state index contributed by atoms with van der Waals surface area (Å²) in [7, 11) is 5.61. The lowest BCUT2D eigenvalue weighted by Gasteiger charge is -2.14. The molecule has 12 heteroatoms. The van der Waals surface area contributed by atoms with Crippen molar-refractivity contribution in [3.63, 3.8) is 0 Å². The zero-order chi connectivity index (χ0) is 34.7. The molecule has 1 aliphatic heterocycles. The first-order valence-electron chi connectivity index (χ1n) is 16.3. The van der Waals surface area contributed by atoms with E-state index in [4.69, 9.17) is 16.3 Å². The number of carboxylic acid groups (broad SMARTS) is 1. The number of carbonyl (C=O) groups is 1. The number of aromatic carboxylic acids is 1. The minimum absolute atomic E-state index is 0.235. The number of carboxylic acids is 1. The lowest BCUT2D eigenvalue weighted by atomic mass is 10.0. The maximum atomic E-state index is 14.3. The molecule has 1 aliphatic rings. The Kier molecular flexibility index (Phi) is 10.6. The number of hydrogen-bond acceptors (Lipinski definition) is 7. The average Bonchev–Trinajstić information content (AvgIpc) is 3.74. The lowest BCUT2D eigenvalue weighted by Crippen LogP contribution is -2.10. The fraction of sp³-hybridized carbons (Fsp3) is 0.324. The van der Waals surface area contributed by atoms with Gasteiger partial charge in [-0.25, -0.2) is 9.18 Å². The number of aromatic nitrogens is 3. The van der Waals surface area contributed by atoms with E-state index in [-0.39, 0.29) is 11.5 Å². The Morgan fingerprint density at radius 1 is 1.18 bits per heavy atom. The number of nitrogens with zero attached hydrogens (tertiary/aromatic N) is 5. The maximum Gasteiger partial charge on any atom is 0.352 e. The molecule has 0 bridgehead atoms. The first-order valence-corrected chi connectivity index (χ1v) is 17.7. The van der Waals surface area contributed by atoms with E-state index in [0.717, 1.165) is 74.2 Å². The first kappa shape index (κ1) is 34.5. The van der Waals surface area contributed by atoms with Gasteiger partial charge in [0.2, 0.25) is 0 Å². The van der Waals surface area contributed by atoms with Crippen molar-refractivity contribution < 1.29 is 19.0 Å². The molecule has 9 nitrogen and oxygen atoms in total. The number of ether oxygens (including phenoxy) is 1. The van der Waals surface area contributed by atoms with E-state index in [1.807, 2.05) is 61.1 Å². The van der Waals surface area contributed by atoms with Crippen LogP contribution in [0.4, 0.5) is 4.39 Å². The summed E-state index contributed by atoms with van der Waals surface area (Å²) in [5, 5.41) is 27.4. The van der Waals surface area contributed by atoms with Crippen LogP contribution in [0.25, 0.3) is 27.8 Å². The Morgan fingerprint density at radius 3 is 2.78 bits per heavy atom. The van der Waals surface area contributed by atoms with Crippen LogP contribution in [-0.2, 0) is 32.8 Å². The van der Waals surface area contributed by atoms with Crippen LogP contribution in [0.1, 0.15) is 59.2 Å². The van der Waals surface area contributed by atoms with Gasteiger partial charge in [0, 0.05) is 76.8 Å². The molecule has 256 valence electrons. The Morgan fingerprint density at radius 2 is 2.00 bits per heavy atom. The Bertz CT molecular complexity index is 2090. The van der Waals surface area contributed by atoms with Gasteiger partial charge in [-0.2, -0.15) is 10.2 Å². The first-order chi connectivity index (χ1) is 23.7. The largest absolute Gasteiger partial charge is 0.493 e. The summed E-state index contributed by atoms with van der Waals surface area (Å²) in [4.78, 5) is 13.6. The van der Waals surface area contributed by atoms with E-state index in [0.29, 0.717) is 42.5 Å². The van der Waals surface area contributed by atoms with Crippen molar-refractivity contribution in [2.45, 2.75) is 49.8 Å². The molecule has 1 saturated heterocycles. The van der Waals surface area contributed by atoms with Gasteiger partial charge in [0.05, 0.1) is 17.8 Å². The molecule has 3 aromatic carbocycles. The van der Waals surface area contributed by atoms with Gasteiger partial charge in [-0.1, -0.05) is 17.7 Å². The smallest absolute Gasteiger partial charge is 0.352 e. The third-order valence-electron chi connectivity index (χ3n) is 8.80. The standard InChI is InChI=1S/C37H40ClFN6O3S/c1-5-41-45-14-6-8-26(45)19-32-33(38)13-12-31-30(36(37(46)47)43(3)35(31)32)9-7-15-48-34-20-28(17-23-16-24(39)10-11-29(23)34)49-22-27-18-25(21-40-2)42-44(27)4/h5,10-13,16-20,40H,6-9,14-15,21-22H2,1-4H3,(H,46,47)/b26-19+,41-5+. The van der Waals surface area contributed by atoms with Crippen LogP contribution in [0.15, 0.2) is 64.2 Å². The number of benzene rings is 3. The fourth-order valence-electron chi connectivity index (χ4n) is 6.60. The van der Waals surface area contributed by atoms with Crippen molar-refractivity contribution in [2.24, 2.45) is 19.2 Å². The summed E-state index contributed by atoms with van der Waals surface area (Å²) >= 11 is 8.39. The normalized spacial score (nSPS) is 14.3. The molecule has 3 heterocycles. The number of fused-ring (bicyclic) bond motifs is 2. The summed E-state index contributed by atoms with van der Waals surface area (Å²) in [6.07, 6.45) is 6.72. The van der Waals surface area contributed by atoms with E-state index in [2.05, 4.69) is 21.6 Å². The Balaban J connectivity index is 1.24. The van der Waals surface area contributed by atoms with E-state index in [1.165, 1.54) is 12.1 Å². The van der Waals surface area contributed by atoms with Gasteiger partial charge in [0.1, 0.15) is 17.3 Å². The summed E-state index contributed by atoms with van der Waals surface area (Å²) in [6.45, 7) is 3.76. The average molecular weight is 703 g/mol. The fourth-order valence-corrected chi connectivity index (χ4v) is 7.80. The second-order valence-electron chi connectivity index (χ2n) is 12.1. The van der Waals surface area contributed by atoms with Gasteiger partial charge < -0.3 is 19.7 Å². The zero-order valence-electron chi connectivity index (χ0n) is 28.1. The number of rotatable bonds is 13. The molecule has 1 fully saturated rings. The van der Waals surface area contributed by atoms with Gasteiger partial charge in [-0.05, 0) is 99.1 Å². The minimum atomic E-state index is -0.994. The van der Waals surface area contributed by atoms with E-state index >= 15 is 0 Å². The number of hydrogen-bond donors (Lipinski definition) is 2. The highest BCUT2D eigenvalue weighted by Gasteiger charge is 2.24. The van der Waals surface area contributed by atoms with Crippen molar-refractivity contribution in [1.29, 1.82) is 0 Å². The molecule has 6 rings (SSSR count). The highest BCUT2D eigenvalue weighted by molar-refractivity contribution is 7.98. The number of halogens is 2. The molecule has 5 aromatic rings. The SMILES string of the molecule is C/C=N/N1CCC/C1=C\c1c(Cl)ccc2c(CCCOc3cc(SCc4cc(CNC)nn4C)cc4cc(F)ccc34)c(C(=O)O)n(C)c12. The summed E-state index contributed by atoms with van der Waals surface area (Å²) < 4.78 is 24.3. The molecule has 0 unspecified atom stereocenters. The van der Waals surface area contributed by atoms with Crippen LogP contribution in [0.5, 0.6) is 5.75 Å². The quantitative estimate of drug-likeness (QED) is 0.0729. The number of allylic oxidation sites excluding steroid dienone is 1. The molecule has 49 heavy (non-hydrogen) atoms. The number of hydrazone groups is 1. The third kappa shape index (κ3) is 7.34. The maximum absolute atomic E-state index is 14.3. The van der Waals surface area contributed by atoms with Gasteiger partial charge in [0.15, 0.2) is 0 Å². The molecule has 0 amide bonds.